The highest BCUT2D eigenvalue weighted by molar-refractivity contribution is 5.97. The molecule has 2 N–H and O–H groups in total. The minimum Gasteiger partial charge on any atom is -0.489 e. The van der Waals surface area contributed by atoms with Crippen LogP contribution in [0.15, 0.2) is 77.9 Å². The number of benzene rings is 3. The van der Waals surface area contributed by atoms with E-state index in [2.05, 4.69) is 34.9 Å². The van der Waals surface area contributed by atoms with Crippen LogP contribution in [0.3, 0.4) is 0 Å². The van der Waals surface area contributed by atoms with E-state index in [0.29, 0.717) is 12.2 Å². The number of aryl methyl sites for hydroxylation is 2. The quantitative estimate of drug-likeness (QED) is 0.358. The van der Waals surface area contributed by atoms with Crippen LogP contribution in [-0.4, -0.2) is 24.1 Å². The summed E-state index contributed by atoms with van der Waals surface area (Å²) >= 11 is 0. The number of nitrogens with zero attached hydrogens (tertiary/aromatic N) is 1. The number of hydrazone groups is 1. The van der Waals surface area contributed by atoms with Crippen LogP contribution in [0.5, 0.6) is 5.75 Å². The van der Waals surface area contributed by atoms with Gasteiger partial charge in [0, 0.05) is 5.56 Å². The summed E-state index contributed by atoms with van der Waals surface area (Å²) in [6.45, 7) is 8.25. The first-order chi connectivity index (χ1) is 16.3. The maximum atomic E-state index is 12.6. The standard InChI is InChI=1S/C28H31N3O3/c1-19(2)26(30-27(32)24-13-7-21(4)8-14-24)28(33)31-29-17-22-11-15-25(16-12-22)34-18-23-9-5-20(3)6-10-23/h5-17,19,26H,18H2,1-4H3,(H,30,32)(H,31,33). The Morgan fingerprint density at radius 2 is 1.47 bits per heavy atom. The summed E-state index contributed by atoms with van der Waals surface area (Å²) in [6.07, 6.45) is 1.56. The first kappa shape index (κ1) is 24.7. The van der Waals surface area contributed by atoms with Gasteiger partial charge in [0.25, 0.3) is 11.8 Å². The lowest BCUT2D eigenvalue weighted by molar-refractivity contribution is -0.123. The van der Waals surface area contributed by atoms with Crippen LogP contribution in [0.2, 0.25) is 0 Å². The summed E-state index contributed by atoms with van der Waals surface area (Å²) in [5.41, 5.74) is 7.24. The summed E-state index contributed by atoms with van der Waals surface area (Å²) in [6, 6.07) is 22.2. The zero-order valence-corrected chi connectivity index (χ0v) is 20.0. The SMILES string of the molecule is Cc1ccc(COc2ccc(C=NNC(=O)C(NC(=O)c3ccc(C)cc3)C(C)C)cc2)cc1. The van der Waals surface area contributed by atoms with E-state index in [1.54, 1.807) is 18.3 Å². The Labute approximate surface area is 201 Å². The van der Waals surface area contributed by atoms with Crippen LogP contribution in [-0.2, 0) is 11.4 Å². The Morgan fingerprint density at radius 3 is 2.06 bits per heavy atom. The number of carbonyl (C=O) groups excluding carboxylic acids is 2. The molecule has 0 aliphatic rings. The summed E-state index contributed by atoms with van der Waals surface area (Å²) in [5.74, 6) is -0.0150. The van der Waals surface area contributed by atoms with E-state index in [-0.39, 0.29) is 17.7 Å². The highest BCUT2D eigenvalue weighted by Gasteiger charge is 2.24. The number of hydrogen-bond acceptors (Lipinski definition) is 4. The molecule has 0 bridgehead atoms. The van der Waals surface area contributed by atoms with E-state index >= 15 is 0 Å². The number of amides is 2. The van der Waals surface area contributed by atoms with E-state index in [0.717, 1.165) is 22.4 Å². The largest absolute Gasteiger partial charge is 0.489 e. The van der Waals surface area contributed by atoms with Crippen LogP contribution in [0.25, 0.3) is 0 Å². The van der Waals surface area contributed by atoms with Crippen LogP contribution in [0.4, 0.5) is 0 Å². The van der Waals surface area contributed by atoms with E-state index in [9.17, 15) is 9.59 Å². The third kappa shape index (κ3) is 7.30. The number of carbonyl (C=O) groups is 2. The van der Waals surface area contributed by atoms with E-state index in [4.69, 9.17) is 4.74 Å². The molecule has 3 aromatic carbocycles. The lowest BCUT2D eigenvalue weighted by Crippen LogP contribution is -2.48. The monoisotopic (exact) mass is 457 g/mol. The number of rotatable bonds is 9. The van der Waals surface area contributed by atoms with Crippen molar-refractivity contribution in [2.24, 2.45) is 11.0 Å². The molecule has 0 aromatic heterocycles. The zero-order chi connectivity index (χ0) is 24.5. The second kappa shape index (κ2) is 11.8. The molecule has 0 heterocycles. The van der Waals surface area contributed by atoms with Gasteiger partial charge < -0.3 is 10.1 Å². The van der Waals surface area contributed by atoms with Crippen molar-refractivity contribution in [3.8, 4) is 5.75 Å². The fourth-order valence-electron chi connectivity index (χ4n) is 3.21. The number of ether oxygens (including phenoxy) is 1. The van der Waals surface area contributed by atoms with Gasteiger partial charge in [-0.2, -0.15) is 5.10 Å². The van der Waals surface area contributed by atoms with E-state index in [1.807, 2.05) is 69.3 Å². The average molecular weight is 458 g/mol. The molecule has 2 amide bonds. The molecule has 176 valence electrons. The third-order valence-corrected chi connectivity index (χ3v) is 5.34. The highest BCUT2D eigenvalue weighted by atomic mass is 16.5. The Balaban J connectivity index is 1.52. The molecular weight excluding hydrogens is 426 g/mol. The molecule has 0 aliphatic carbocycles. The molecule has 1 atom stereocenters. The van der Waals surface area contributed by atoms with Gasteiger partial charge in [0.1, 0.15) is 18.4 Å². The average Bonchev–Trinajstić information content (AvgIpc) is 2.83. The topological polar surface area (TPSA) is 79.8 Å². The van der Waals surface area contributed by atoms with Crippen molar-refractivity contribution in [2.75, 3.05) is 0 Å². The van der Waals surface area contributed by atoms with E-state index in [1.165, 1.54) is 5.56 Å². The summed E-state index contributed by atoms with van der Waals surface area (Å²) < 4.78 is 5.81. The smallest absolute Gasteiger partial charge is 0.262 e. The van der Waals surface area contributed by atoms with Crippen LogP contribution in [0.1, 0.15) is 46.5 Å². The zero-order valence-electron chi connectivity index (χ0n) is 20.0. The first-order valence-corrected chi connectivity index (χ1v) is 11.3. The Hall–Kier alpha value is -3.93. The third-order valence-electron chi connectivity index (χ3n) is 5.34. The van der Waals surface area contributed by atoms with Gasteiger partial charge in [-0.3, -0.25) is 9.59 Å². The van der Waals surface area contributed by atoms with Gasteiger partial charge in [0.15, 0.2) is 0 Å². The Bertz CT molecular complexity index is 1120. The summed E-state index contributed by atoms with van der Waals surface area (Å²) in [4.78, 5) is 25.2. The molecule has 34 heavy (non-hydrogen) atoms. The van der Waals surface area contributed by atoms with Gasteiger partial charge >= 0.3 is 0 Å². The molecule has 1 unspecified atom stereocenters. The van der Waals surface area contributed by atoms with Gasteiger partial charge in [-0.05, 0) is 67.3 Å². The van der Waals surface area contributed by atoms with Gasteiger partial charge in [0.05, 0.1) is 6.21 Å². The molecule has 6 nitrogen and oxygen atoms in total. The molecule has 0 radical (unpaired) electrons. The Kier molecular flexibility index (Phi) is 8.57. The summed E-state index contributed by atoms with van der Waals surface area (Å²) in [5, 5.41) is 6.85. The normalized spacial score (nSPS) is 11.9. The second-order valence-corrected chi connectivity index (χ2v) is 8.64. The highest BCUT2D eigenvalue weighted by Crippen LogP contribution is 2.14. The van der Waals surface area contributed by atoms with Crippen molar-refractivity contribution in [1.29, 1.82) is 0 Å². The van der Waals surface area contributed by atoms with Gasteiger partial charge in [-0.25, -0.2) is 5.43 Å². The molecule has 0 saturated carbocycles. The van der Waals surface area contributed by atoms with Crippen molar-refractivity contribution >= 4 is 18.0 Å². The van der Waals surface area contributed by atoms with Crippen LogP contribution in [0, 0.1) is 19.8 Å². The second-order valence-electron chi connectivity index (χ2n) is 8.64. The summed E-state index contributed by atoms with van der Waals surface area (Å²) in [7, 11) is 0. The van der Waals surface area contributed by atoms with Crippen molar-refractivity contribution in [3.05, 3.63) is 101 Å². The molecule has 0 spiro atoms. The lowest BCUT2D eigenvalue weighted by atomic mass is 10.0. The molecule has 0 fully saturated rings. The maximum Gasteiger partial charge on any atom is 0.262 e. The van der Waals surface area contributed by atoms with Gasteiger partial charge in [-0.1, -0.05) is 61.4 Å². The van der Waals surface area contributed by atoms with E-state index < -0.39 is 6.04 Å². The van der Waals surface area contributed by atoms with Gasteiger partial charge in [-0.15, -0.1) is 0 Å². The first-order valence-electron chi connectivity index (χ1n) is 11.3. The van der Waals surface area contributed by atoms with Crippen molar-refractivity contribution in [3.63, 3.8) is 0 Å². The van der Waals surface area contributed by atoms with Crippen molar-refractivity contribution < 1.29 is 14.3 Å². The van der Waals surface area contributed by atoms with Crippen molar-refractivity contribution in [1.82, 2.24) is 10.7 Å². The predicted molar refractivity (Wildman–Crippen MR) is 135 cm³/mol. The Morgan fingerprint density at radius 1 is 0.882 bits per heavy atom. The molecule has 0 aliphatic heterocycles. The van der Waals surface area contributed by atoms with Crippen molar-refractivity contribution in [2.45, 2.75) is 40.3 Å². The molecular formula is C28H31N3O3. The minimum absolute atomic E-state index is 0.102. The molecule has 0 saturated heterocycles. The maximum absolute atomic E-state index is 12.6. The minimum atomic E-state index is -0.705. The number of nitrogens with one attached hydrogen (secondary N) is 2. The lowest BCUT2D eigenvalue weighted by Gasteiger charge is -2.20. The predicted octanol–water partition coefficient (Wildman–Crippen LogP) is 4.79. The fourth-order valence-corrected chi connectivity index (χ4v) is 3.21. The van der Waals surface area contributed by atoms with Crippen LogP contribution < -0.4 is 15.5 Å². The molecule has 3 rings (SSSR count). The number of hydrogen-bond donors (Lipinski definition) is 2. The van der Waals surface area contributed by atoms with Crippen LogP contribution >= 0.6 is 0 Å². The fraction of sp³-hybridized carbons (Fsp3) is 0.250. The van der Waals surface area contributed by atoms with Gasteiger partial charge in [0.2, 0.25) is 0 Å². The molecule has 3 aromatic rings. The molecule has 6 heteroatoms.